The van der Waals surface area contributed by atoms with Crippen LogP contribution < -0.4 is 5.32 Å². The van der Waals surface area contributed by atoms with E-state index in [1.165, 1.54) is 0 Å². The van der Waals surface area contributed by atoms with Crippen molar-refractivity contribution in [2.75, 3.05) is 5.32 Å². The van der Waals surface area contributed by atoms with Crippen molar-refractivity contribution in [2.45, 2.75) is 20.3 Å². The molecule has 0 radical (unpaired) electrons. The average Bonchev–Trinajstić information content (AvgIpc) is 2.31. The number of hydrogen-bond donors (Lipinski definition) is 1. The van der Waals surface area contributed by atoms with Gasteiger partial charge in [0.2, 0.25) is 5.91 Å². The summed E-state index contributed by atoms with van der Waals surface area (Å²) in [5.41, 5.74) is -0.321. The van der Waals surface area contributed by atoms with Crippen molar-refractivity contribution >= 4 is 45.8 Å². The van der Waals surface area contributed by atoms with Crippen LogP contribution in [0.3, 0.4) is 0 Å². The van der Waals surface area contributed by atoms with Crippen molar-refractivity contribution in [1.29, 1.82) is 5.26 Å². The summed E-state index contributed by atoms with van der Waals surface area (Å²) in [4.78, 5) is 12.0. The molecule has 17 heavy (non-hydrogen) atoms. The van der Waals surface area contributed by atoms with E-state index in [1.54, 1.807) is 25.1 Å². The number of halogens is 2. The molecule has 0 aromatic heterocycles. The minimum Gasteiger partial charge on any atom is -0.324 e. The van der Waals surface area contributed by atoms with E-state index in [-0.39, 0.29) is 5.91 Å². The van der Waals surface area contributed by atoms with Gasteiger partial charge in [0.05, 0.1) is 11.8 Å². The van der Waals surface area contributed by atoms with Crippen molar-refractivity contribution in [3.63, 3.8) is 0 Å². The predicted octanol–water partition coefficient (Wildman–Crippen LogP) is 3.82. The minimum atomic E-state index is -0.997. The van der Waals surface area contributed by atoms with Gasteiger partial charge in [0, 0.05) is 8.59 Å². The number of nitrogens with zero attached hydrogens (tertiary/aromatic N) is 1. The first-order valence-electron chi connectivity index (χ1n) is 5.10. The van der Waals surface area contributed by atoms with Gasteiger partial charge in [-0.25, -0.2) is 0 Å². The molecule has 1 aromatic carbocycles. The number of benzene rings is 1. The molecule has 1 aromatic rings. The van der Waals surface area contributed by atoms with Gasteiger partial charge in [0.25, 0.3) is 0 Å². The fraction of sp³-hybridized carbons (Fsp3) is 0.333. The normalized spacial score (nSPS) is 13.6. The number of nitrogens with one attached hydrogen (secondary N) is 1. The van der Waals surface area contributed by atoms with Crippen molar-refractivity contribution in [3.8, 4) is 6.07 Å². The van der Waals surface area contributed by atoms with Crippen LogP contribution in [0.5, 0.6) is 0 Å². The monoisotopic (exact) mass is 362 g/mol. The number of carbonyl (C=O) groups is 1. The van der Waals surface area contributed by atoms with E-state index < -0.39 is 5.41 Å². The second-order valence-corrected chi connectivity index (χ2v) is 5.47. The predicted molar refractivity (Wildman–Crippen MR) is 76.8 cm³/mol. The third-order valence-electron chi connectivity index (χ3n) is 2.63. The van der Waals surface area contributed by atoms with Crippen molar-refractivity contribution in [1.82, 2.24) is 0 Å². The zero-order chi connectivity index (χ0) is 13.1. The second kappa shape index (κ2) is 5.69. The minimum absolute atomic E-state index is 0.289. The molecule has 0 saturated heterocycles. The molecular formula is C12H12ClIN2O. The number of amides is 1. The molecule has 5 heteroatoms. The summed E-state index contributed by atoms with van der Waals surface area (Å²) in [6.07, 6.45) is 0.472. The van der Waals surface area contributed by atoms with Crippen molar-refractivity contribution in [2.24, 2.45) is 5.41 Å². The van der Waals surface area contributed by atoms with Gasteiger partial charge >= 0.3 is 0 Å². The van der Waals surface area contributed by atoms with E-state index in [9.17, 15) is 4.79 Å². The lowest BCUT2D eigenvalue weighted by atomic mass is 9.88. The Morgan fingerprint density at radius 1 is 1.65 bits per heavy atom. The maximum absolute atomic E-state index is 12.0. The molecule has 1 unspecified atom stereocenters. The van der Waals surface area contributed by atoms with Crippen molar-refractivity contribution < 1.29 is 4.79 Å². The smallest absolute Gasteiger partial charge is 0.244 e. The Labute approximate surface area is 119 Å². The van der Waals surface area contributed by atoms with Crippen LogP contribution in [-0.4, -0.2) is 5.91 Å². The first kappa shape index (κ1) is 14.3. The second-order valence-electron chi connectivity index (χ2n) is 3.88. The van der Waals surface area contributed by atoms with Crippen LogP contribution >= 0.6 is 34.2 Å². The Balaban J connectivity index is 2.93. The van der Waals surface area contributed by atoms with Gasteiger partial charge < -0.3 is 5.32 Å². The van der Waals surface area contributed by atoms with Gasteiger partial charge in [-0.1, -0.05) is 18.5 Å². The van der Waals surface area contributed by atoms with Gasteiger partial charge in [-0.15, -0.1) is 0 Å². The summed E-state index contributed by atoms with van der Waals surface area (Å²) in [5, 5.41) is 12.4. The van der Waals surface area contributed by atoms with Crippen molar-refractivity contribution in [3.05, 3.63) is 26.8 Å². The molecule has 1 atom stereocenters. The maximum Gasteiger partial charge on any atom is 0.244 e. The zero-order valence-electron chi connectivity index (χ0n) is 9.55. The molecule has 1 rings (SSSR count). The van der Waals surface area contributed by atoms with E-state index in [0.717, 1.165) is 3.57 Å². The van der Waals surface area contributed by atoms with Gasteiger partial charge in [0.15, 0.2) is 0 Å². The summed E-state index contributed by atoms with van der Waals surface area (Å²) < 4.78 is 0.847. The maximum atomic E-state index is 12.0. The Morgan fingerprint density at radius 2 is 2.29 bits per heavy atom. The number of rotatable bonds is 3. The molecule has 0 bridgehead atoms. The Bertz CT molecular complexity index is 484. The fourth-order valence-corrected chi connectivity index (χ4v) is 2.15. The SMILES string of the molecule is CCC(C)(C#N)C(=O)Nc1ccc(Cl)cc1I. The average molecular weight is 363 g/mol. The molecule has 0 saturated carbocycles. The lowest BCUT2D eigenvalue weighted by molar-refractivity contribution is -0.122. The number of hydrogen-bond acceptors (Lipinski definition) is 2. The van der Waals surface area contributed by atoms with Gasteiger partial charge in [-0.05, 0) is 54.1 Å². The van der Waals surface area contributed by atoms with Crippen LogP contribution in [0.25, 0.3) is 0 Å². The first-order chi connectivity index (χ1) is 7.92. The summed E-state index contributed by atoms with van der Waals surface area (Å²) in [7, 11) is 0. The van der Waals surface area contributed by atoms with E-state index in [4.69, 9.17) is 16.9 Å². The molecule has 0 heterocycles. The molecule has 0 spiro atoms. The number of carbonyl (C=O) groups excluding carboxylic acids is 1. The van der Waals surface area contributed by atoms with Crippen LogP contribution in [0.15, 0.2) is 18.2 Å². The lowest BCUT2D eigenvalue weighted by Crippen LogP contribution is -2.31. The van der Waals surface area contributed by atoms with Gasteiger partial charge in [-0.2, -0.15) is 5.26 Å². The first-order valence-corrected chi connectivity index (χ1v) is 6.56. The third-order valence-corrected chi connectivity index (χ3v) is 3.76. The molecule has 0 aliphatic carbocycles. The van der Waals surface area contributed by atoms with Crippen LogP contribution in [0.1, 0.15) is 20.3 Å². The Morgan fingerprint density at radius 3 is 2.76 bits per heavy atom. The Kier molecular flexibility index (Phi) is 4.78. The summed E-state index contributed by atoms with van der Waals surface area (Å²) >= 11 is 7.92. The van der Waals surface area contributed by atoms with Crippen LogP contribution in [0.4, 0.5) is 5.69 Å². The van der Waals surface area contributed by atoms with Crippen LogP contribution in [0.2, 0.25) is 5.02 Å². The molecular weight excluding hydrogens is 351 g/mol. The molecule has 1 N–H and O–H groups in total. The standard InChI is InChI=1S/C12H12ClIN2O/c1-3-12(2,7-15)11(17)16-10-5-4-8(13)6-9(10)14/h4-6H,3H2,1-2H3,(H,16,17). The molecule has 90 valence electrons. The van der Waals surface area contributed by atoms with Crippen LogP contribution in [-0.2, 0) is 4.79 Å². The Hall–Kier alpha value is -0.800. The lowest BCUT2D eigenvalue weighted by Gasteiger charge is -2.19. The third kappa shape index (κ3) is 3.33. The quantitative estimate of drug-likeness (QED) is 0.831. The highest BCUT2D eigenvalue weighted by atomic mass is 127. The number of nitriles is 1. The largest absolute Gasteiger partial charge is 0.324 e. The van der Waals surface area contributed by atoms with E-state index >= 15 is 0 Å². The summed E-state index contributed by atoms with van der Waals surface area (Å²) in [6, 6.07) is 7.23. The highest BCUT2D eigenvalue weighted by Crippen LogP contribution is 2.26. The zero-order valence-corrected chi connectivity index (χ0v) is 12.5. The highest BCUT2D eigenvalue weighted by molar-refractivity contribution is 14.1. The molecule has 0 fully saturated rings. The topological polar surface area (TPSA) is 52.9 Å². The molecule has 0 aliphatic heterocycles. The van der Waals surface area contributed by atoms with Gasteiger partial charge in [-0.3, -0.25) is 4.79 Å². The van der Waals surface area contributed by atoms with Crippen LogP contribution in [0, 0.1) is 20.3 Å². The summed E-state index contributed by atoms with van der Waals surface area (Å²) in [6.45, 7) is 3.45. The highest BCUT2D eigenvalue weighted by Gasteiger charge is 2.31. The molecule has 0 aliphatic rings. The van der Waals surface area contributed by atoms with E-state index in [0.29, 0.717) is 17.1 Å². The molecule has 3 nitrogen and oxygen atoms in total. The van der Waals surface area contributed by atoms with E-state index in [1.807, 2.05) is 13.0 Å². The van der Waals surface area contributed by atoms with Gasteiger partial charge in [0.1, 0.15) is 5.41 Å². The van der Waals surface area contributed by atoms with E-state index in [2.05, 4.69) is 27.9 Å². The number of anilines is 1. The summed E-state index contributed by atoms with van der Waals surface area (Å²) in [5.74, 6) is -0.289. The molecule has 1 amide bonds. The fourth-order valence-electron chi connectivity index (χ4n) is 1.14.